The van der Waals surface area contributed by atoms with Crippen LogP contribution < -0.4 is 20.1 Å². The fourth-order valence-corrected chi connectivity index (χ4v) is 2.99. The Bertz CT molecular complexity index is 810. The van der Waals surface area contributed by atoms with E-state index < -0.39 is 0 Å². The Balaban J connectivity index is 1.75. The lowest BCUT2D eigenvalue weighted by Gasteiger charge is -2.14. The molecule has 2 aromatic rings. The Morgan fingerprint density at radius 3 is 2.48 bits per heavy atom. The molecule has 1 aliphatic heterocycles. The number of aryl methyl sites for hydroxylation is 2. The van der Waals surface area contributed by atoms with Gasteiger partial charge in [0.15, 0.2) is 17.5 Å². The maximum absolute atomic E-state index is 9.92. The average Bonchev–Trinajstić information content (AvgIpc) is 2.89. The minimum Gasteiger partial charge on any atom is -0.507 e. The van der Waals surface area contributed by atoms with Crippen LogP contribution in [-0.2, 0) is 6.54 Å². The van der Waals surface area contributed by atoms with E-state index in [-0.39, 0.29) is 0 Å². The number of hydrogen-bond donors (Lipinski definition) is 3. The molecule has 0 unspecified atom stereocenters. The molecule has 1 aliphatic rings. The summed E-state index contributed by atoms with van der Waals surface area (Å²) >= 11 is 0. The van der Waals surface area contributed by atoms with Gasteiger partial charge in [0.25, 0.3) is 0 Å². The normalized spacial score (nSPS) is 13.8. The lowest BCUT2D eigenvalue weighted by atomic mass is 10.1. The zero-order valence-corrected chi connectivity index (χ0v) is 16.1. The van der Waals surface area contributed by atoms with Crippen molar-refractivity contribution in [1.82, 2.24) is 5.32 Å². The van der Waals surface area contributed by atoms with Crippen LogP contribution in [-0.4, -0.2) is 30.8 Å². The molecule has 1 heterocycles. The second kappa shape index (κ2) is 8.66. The first-order chi connectivity index (χ1) is 13.1. The van der Waals surface area contributed by atoms with E-state index >= 15 is 0 Å². The lowest BCUT2D eigenvalue weighted by Crippen LogP contribution is -2.30. The Kier molecular flexibility index (Phi) is 6.06. The summed E-state index contributed by atoms with van der Waals surface area (Å²) in [5.41, 5.74) is 3.66. The number of aliphatic imine (C=N–C) groups is 1. The first kappa shape index (κ1) is 18.9. The minimum absolute atomic E-state index is 0.347. The molecular weight excluding hydrogens is 342 g/mol. The number of phenols is 1. The van der Waals surface area contributed by atoms with Gasteiger partial charge in [0.1, 0.15) is 5.75 Å². The van der Waals surface area contributed by atoms with Crippen molar-refractivity contribution in [2.24, 2.45) is 4.99 Å². The summed E-state index contributed by atoms with van der Waals surface area (Å²) in [6.45, 7) is 8.43. The number of guanidine groups is 1. The number of anilines is 1. The van der Waals surface area contributed by atoms with E-state index in [1.807, 2.05) is 51.1 Å². The zero-order chi connectivity index (χ0) is 19.2. The highest BCUT2D eigenvalue weighted by atomic mass is 16.5. The summed E-state index contributed by atoms with van der Waals surface area (Å²) in [4.78, 5) is 4.66. The third-order valence-electron chi connectivity index (χ3n) is 4.33. The molecule has 0 aromatic heterocycles. The highest BCUT2D eigenvalue weighted by molar-refractivity contribution is 5.93. The van der Waals surface area contributed by atoms with Crippen LogP contribution in [0.1, 0.15) is 30.0 Å². The fraction of sp³-hybridized carbons (Fsp3) is 0.381. The Morgan fingerprint density at radius 2 is 1.78 bits per heavy atom. The highest BCUT2D eigenvalue weighted by Gasteiger charge is 2.11. The molecule has 0 aliphatic carbocycles. The molecule has 2 aromatic carbocycles. The number of aromatic hydroxyl groups is 1. The van der Waals surface area contributed by atoms with E-state index in [1.165, 1.54) is 0 Å². The first-order valence-corrected chi connectivity index (χ1v) is 9.31. The van der Waals surface area contributed by atoms with Gasteiger partial charge in [-0.25, -0.2) is 4.99 Å². The van der Waals surface area contributed by atoms with Crippen LogP contribution in [0.5, 0.6) is 17.2 Å². The molecule has 0 saturated carbocycles. The Labute approximate surface area is 160 Å². The number of hydrogen-bond acceptors (Lipinski definition) is 4. The van der Waals surface area contributed by atoms with E-state index in [1.54, 1.807) is 0 Å². The molecule has 0 saturated heterocycles. The quantitative estimate of drug-likeness (QED) is 0.565. The largest absolute Gasteiger partial charge is 0.507 e. The molecule has 0 bridgehead atoms. The molecular formula is C21H27N3O3. The number of rotatable bonds is 4. The summed E-state index contributed by atoms with van der Waals surface area (Å²) in [6, 6.07) is 9.72. The standard InChI is InChI=1S/C21H27N3O3/c1-4-22-21(23-13-16-10-14(2)20(25)15(3)11-16)24-17-6-7-18-19(12-17)27-9-5-8-26-18/h6-7,10-12,25H,4-5,8-9,13H2,1-3H3,(H2,22,23,24). The smallest absolute Gasteiger partial charge is 0.196 e. The van der Waals surface area contributed by atoms with Gasteiger partial charge in [-0.3, -0.25) is 0 Å². The van der Waals surface area contributed by atoms with E-state index in [2.05, 4.69) is 15.6 Å². The summed E-state index contributed by atoms with van der Waals surface area (Å²) in [5, 5.41) is 16.5. The summed E-state index contributed by atoms with van der Waals surface area (Å²) < 4.78 is 11.4. The first-order valence-electron chi connectivity index (χ1n) is 9.31. The topological polar surface area (TPSA) is 75.1 Å². The van der Waals surface area contributed by atoms with Crippen molar-refractivity contribution in [2.75, 3.05) is 25.1 Å². The Morgan fingerprint density at radius 1 is 1.07 bits per heavy atom. The van der Waals surface area contributed by atoms with Crippen LogP contribution in [0.15, 0.2) is 35.3 Å². The van der Waals surface area contributed by atoms with E-state index in [4.69, 9.17) is 9.47 Å². The number of nitrogens with one attached hydrogen (secondary N) is 2. The van der Waals surface area contributed by atoms with Gasteiger partial charge in [0, 0.05) is 24.7 Å². The third-order valence-corrected chi connectivity index (χ3v) is 4.33. The van der Waals surface area contributed by atoms with Crippen LogP contribution in [0, 0.1) is 13.8 Å². The summed E-state index contributed by atoms with van der Waals surface area (Å²) in [5.74, 6) is 2.56. The molecule has 6 nitrogen and oxygen atoms in total. The second-order valence-electron chi connectivity index (χ2n) is 6.61. The van der Waals surface area contributed by atoms with Gasteiger partial charge in [-0.2, -0.15) is 0 Å². The van der Waals surface area contributed by atoms with Crippen LogP contribution in [0.3, 0.4) is 0 Å². The number of phenolic OH excluding ortho intramolecular Hbond substituents is 1. The van der Waals surface area contributed by atoms with Crippen LogP contribution in [0.4, 0.5) is 5.69 Å². The van der Waals surface area contributed by atoms with Crippen LogP contribution in [0.2, 0.25) is 0 Å². The van der Waals surface area contributed by atoms with Crippen LogP contribution >= 0.6 is 0 Å². The number of nitrogens with zero attached hydrogens (tertiary/aromatic N) is 1. The lowest BCUT2D eigenvalue weighted by molar-refractivity contribution is 0.297. The number of ether oxygens (including phenoxy) is 2. The van der Waals surface area contributed by atoms with Crippen molar-refractivity contribution in [3.8, 4) is 17.2 Å². The van der Waals surface area contributed by atoms with Gasteiger partial charge in [0.05, 0.1) is 19.8 Å². The van der Waals surface area contributed by atoms with Gasteiger partial charge >= 0.3 is 0 Å². The second-order valence-corrected chi connectivity index (χ2v) is 6.61. The van der Waals surface area contributed by atoms with Crippen molar-refractivity contribution in [1.29, 1.82) is 0 Å². The fourth-order valence-electron chi connectivity index (χ4n) is 2.99. The molecule has 3 rings (SSSR count). The Hall–Kier alpha value is -2.89. The molecule has 0 spiro atoms. The highest BCUT2D eigenvalue weighted by Crippen LogP contribution is 2.32. The molecule has 0 amide bonds. The molecule has 6 heteroatoms. The maximum atomic E-state index is 9.92. The van der Waals surface area contributed by atoms with E-state index in [0.717, 1.165) is 46.8 Å². The van der Waals surface area contributed by atoms with Crippen molar-refractivity contribution < 1.29 is 14.6 Å². The maximum Gasteiger partial charge on any atom is 0.196 e. The third kappa shape index (κ3) is 4.84. The average molecular weight is 369 g/mol. The van der Waals surface area contributed by atoms with Gasteiger partial charge in [0.2, 0.25) is 0 Å². The van der Waals surface area contributed by atoms with Gasteiger partial charge in [-0.05, 0) is 49.6 Å². The molecule has 0 fully saturated rings. The van der Waals surface area contributed by atoms with E-state index in [0.29, 0.717) is 31.5 Å². The SMILES string of the molecule is CCNC(=NCc1cc(C)c(O)c(C)c1)Nc1ccc2c(c1)OCCCO2. The van der Waals surface area contributed by atoms with Crippen molar-refractivity contribution in [2.45, 2.75) is 33.7 Å². The van der Waals surface area contributed by atoms with Crippen molar-refractivity contribution in [3.63, 3.8) is 0 Å². The van der Waals surface area contributed by atoms with Crippen LogP contribution in [0.25, 0.3) is 0 Å². The zero-order valence-electron chi connectivity index (χ0n) is 16.1. The molecule has 3 N–H and O–H groups in total. The number of fused-ring (bicyclic) bond motifs is 1. The van der Waals surface area contributed by atoms with Crippen molar-refractivity contribution >= 4 is 11.6 Å². The predicted molar refractivity (Wildman–Crippen MR) is 108 cm³/mol. The van der Waals surface area contributed by atoms with Gasteiger partial charge in [-0.15, -0.1) is 0 Å². The monoisotopic (exact) mass is 369 g/mol. The molecule has 27 heavy (non-hydrogen) atoms. The van der Waals surface area contributed by atoms with E-state index in [9.17, 15) is 5.11 Å². The predicted octanol–water partition coefficient (Wildman–Crippen LogP) is 3.75. The number of benzene rings is 2. The summed E-state index contributed by atoms with van der Waals surface area (Å²) in [6.07, 6.45) is 0.882. The molecule has 144 valence electrons. The van der Waals surface area contributed by atoms with Crippen molar-refractivity contribution in [3.05, 3.63) is 47.0 Å². The minimum atomic E-state index is 0.347. The molecule has 0 atom stereocenters. The van der Waals surface area contributed by atoms with Gasteiger partial charge in [-0.1, -0.05) is 12.1 Å². The van der Waals surface area contributed by atoms with Gasteiger partial charge < -0.3 is 25.2 Å². The summed E-state index contributed by atoms with van der Waals surface area (Å²) in [7, 11) is 0. The molecule has 0 radical (unpaired) electrons.